The number of methoxy groups -OCH3 is 1. The molecule has 2 aromatic heterocycles. The standard InChI is InChI=1S/C21H25N5O3/c1-28-19-6-5-17(12-18(19)14-26-16-22-15-23-26)13-24-7-3-8-25(10-9-24)21(27)20-4-2-11-29-20/h2,4-6,11-12,15-16H,3,7-10,13-14H2,1H3. The maximum Gasteiger partial charge on any atom is 0.289 e. The van der Waals surface area contributed by atoms with Crippen LogP contribution in [0.3, 0.4) is 0 Å². The smallest absolute Gasteiger partial charge is 0.289 e. The van der Waals surface area contributed by atoms with E-state index < -0.39 is 0 Å². The first-order chi connectivity index (χ1) is 14.2. The van der Waals surface area contributed by atoms with Crippen molar-refractivity contribution in [1.82, 2.24) is 24.6 Å². The molecule has 1 aliphatic rings. The van der Waals surface area contributed by atoms with E-state index in [1.165, 1.54) is 18.2 Å². The summed E-state index contributed by atoms with van der Waals surface area (Å²) >= 11 is 0. The molecule has 0 atom stereocenters. The van der Waals surface area contributed by atoms with Gasteiger partial charge in [0.15, 0.2) is 5.76 Å². The van der Waals surface area contributed by atoms with Crippen molar-refractivity contribution in [2.45, 2.75) is 19.5 Å². The van der Waals surface area contributed by atoms with Crippen LogP contribution in [-0.2, 0) is 13.1 Å². The summed E-state index contributed by atoms with van der Waals surface area (Å²) in [6.45, 7) is 4.67. The number of nitrogens with zero attached hydrogens (tertiary/aromatic N) is 5. The van der Waals surface area contributed by atoms with Crippen LogP contribution in [0.25, 0.3) is 0 Å². The molecule has 0 bridgehead atoms. The summed E-state index contributed by atoms with van der Waals surface area (Å²) in [4.78, 5) is 20.8. The van der Waals surface area contributed by atoms with Crippen molar-refractivity contribution < 1.29 is 13.9 Å². The average Bonchev–Trinajstić information content (AvgIpc) is 3.40. The predicted octanol–water partition coefficient (Wildman–Crippen LogP) is 2.28. The van der Waals surface area contributed by atoms with Crippen LogP contribution in [0.2, 0.25) is 0 Å². The highest BCUT2D eigenvalue weighted by molar-refractivity contribution is 5.91. The Morgan fingerprint density at radius 1 is 1.17 bits per heavy atom. The second kappa shape index (κ2) is 8.91. The molecule has 1 saturated heterocycles. The van der Waals surface area contributed by atoms with Crippen molar-refractivity contribution in [3.8, 4) is 5.75 Å². The van der Waals surface area contributed by atoms with E-state index in [-0.39, 0.29) is 5.91 Å². The minimum atomic E-state index is -0.0311. The lowest BCUT2D eigenvalue weighted by Crippen LogP contribution is -2.34. The summed E-state index contributed by atoms with van der Waals surface area (Å²) in [6, 6.07) is 9.74. The quantitative estimate of drug-likeness (QED) is 0.637. The average molecular weight is 395 g/mol. The van der Waals surface area contributed by atoms with E-state index in [4.69, 9.17) is 9.15 Å². The summed E-state index contributed by atoms with van der Waals surface area (Å²) in [7, 11) is 1.68. The molecular weight excluding hydrogens is 370 g/mol. The lowest BCUT2D eigenvalue weighted by atomic mass is 10.1. The Hall–Kier alpha value is -3.13. The topological polar surface area (TPSA) is 76.6 Å². The minimum absolute atomic E-state index is 0.0311. The highest BCUT2D eigenvalue weighted by Crippen LogP contribution is 2.22. The molecular formula is C21H25N5O3. The second-order valence-electron chi connectivity index (χ2n) is 7.14. The van der Waals surface area contributed by atoms with Crippen LogP contribution in [0.5, 0.6) is 5.75 Å². The number of amides is 1. The van der Waals surface area contributed by atoms with Crippen molar-refractivity contribution in [3.63, 3.8) is 0 Å². The molecule has 3 heterocycles. The van der Waals surface area contributed by atoms with Gasteiger partial charge in [0.1, 0.15) is 18.4 Å². The molecule has 29 heavy (non-hydrogen) atoms. The fourth-order valence-electron chi connectivity index (χ4n) is 3.69. The largest absolute Gasteiger partial charge is 0.496 e. The zero-order chi connectivity index (χ0) is 20.1. The maximum atomic E-state index is 12.5. The van der Waals surface area contributed by atoms with E-state index in [2.05, 4.69) is 27.1 Å². The lowest BCUT2D eigenvalue weighted by molar-refractivity contribution is 0.0729. The molecule has 4 rings (SSSR count). The van der Waals surface area contributed by atoms with Crippen LogP contribution in [0.4, 0.5) is 0 Å². The summed E-state index contributed by atoms with van der Waals surface area (Å²) in [5.41, 5.74) is 2.28. The Labute approximate surface area is 169 Å². The molecule has 0 spiro atoms. The van der Waals surface area contributed by atoms with E-state index in [9.17, 15) is 4.79 Å². The third kappa shape index (κ3) is 4.65. The van der Waals surface area contributed by atoms with Crippen LogP contribution in [0.1, 0.15) is 28.1 Å². The van der Waals surface area contributed by atoms with E-state index in [0.29, 0.717) is 18.8 Å². The number of carbonyl (C=O) groups excluding carboxylic acids is 1. The van der Waals surface area contributed by atoms with Crippen LogP contribution in [0, 0.1) is 0 Å². The molecule has 8 nitrogen and oxygen atoms in total. The monoisotopic (exact) mass is 395 g/mol. The van der Waals surface area contributed by atoms with Gasteiger partial charge < -0.3 is 14.1 Å². The number of aromatic nitrogens is 3. The van der Waals surface area contributed by atoms with Gasteiger partial charge >= 0.3 is 0 Å². The molecule has 1 amide bonds. The minimum Gasteiger partial charge on any atom is -0.496 e. The number of carbonyl (C=O) groups is 1. The molecule has 3 aromatic rings. The van der Waals surface area contributed by atoms with Crippen LogP contribution < -0.4 is 4.74 Å². The Bertz CT molecular complexity index is 924. The summed E-state index contributed by atoms with van der Waals surface area (Å²) < 4.78 is 12.6. The molecule has 0 N–H and O–H groups in total. The van der Waals surface area contributed by atoms with Crippen molar-refractivity contribution in [3.05, 3.63) is 66.1 Å². The van der Waals surface area contributed by atoms with Gasteiger partial charge in [-0.1, -0.05) is 6.07 Å². The van der Waals surface area contributed by atoms with E-state index >= 15 is 0 Å². The molecule has 1 fully saturated rings. The molecule has 152 valence electrons. The zero-order valence-corrected chi connectivity index (χ0v) is 16.5. The third-order valence-corrected chi connectivity index (χ3v) is 5.16. The van der Waals surface area contributed by atoms with Gasteiger partial charge in [-0.2, -0.15) is 5.10 Å². The second-order valence-corrected chi connectivity index (χ2v) is 7.14. The lowest BCUT2D eigenvalue weighted by Gasteiger charge is -2.22. The first-order valence-electron chi connectivity index (χ1n) is 9.76. The van der Waals surface area contributed by atoms with Crippen molar-refractivity contribution in [2.24, 2.45) is 0 Å². The van der Waals surface area contributed by atoms with Crippen LogP contribution in [-0.4, -0.2) is 63.8 Å². The number of hydrogen-bond donors (Lipinski definition) is 0. The van der Waals surface area contributed by atoms with Crippen molar-refractivity contribution >= 4 is 5.91 Å². The Balaban J connectivity index is 1.40. The first kappa shape index (κ1) is 19.2. The number of benzene rings is 1. The molecule has 1 aliphatic heterocycles. The van der Waals surface area contributed by atoms with Gasteiger partial charge in [-0.15, -0.1) is 0 Å². The van der Waals surface area contributed by atoms with Crippen LogP contribution in [0.15, 0.2) is 53.7 Å². The van der Waals surface area contributed by atoms with E-state index in [0.717, 1.165) is 43.9 Å². The SMILES string of the molecule is COc1ccc(CN2CCCN(C(=O)c3ccco3)CC2)cc1Cn1cncn1. The Morgan fingerprint density at radius 3 is 2.86 bits per heavy atom. The fraction of sp³-hybridized carbons (Fsp3) is 0.381. The van der Waals surface area contributed by atoms with Gasteiger partial charge in [0.25, 0.3) is 5.91 Å². The number of ether oxygens (including phenoxy) is 1. The van der Waals surface area contributed by atoms with Gasteiger partial charge in [0, 0.05) is 38.3 Å². The fourth-order valence-corrected chi connectivity index (χ4v) is 3.69. The van der Waals surface area contributed by atoms with E-state index in [1.54, 1.807) is 30.3 Å². The Kier molecular flexibility index (Phi) is 5.90. The molecule has 0 saturated carbocycles. The molecule has 0 unspecified atom stereocenters. The molecule has 8 heteroatoms. The summed E-state index contributed by atoms with van der Waals surface area (Å²) in [5.74, 6) is 1.22. The maximum absolute atomic E-state index is 12.5. The highest BCUT2D eigenvalue weighted by atomic mass is 16.5. The predicted molar refractivity (Wildman–Crippen MR) is 107 cm³/mol. The van der Waals surface area contributed by atoms with Crippen molar-refractivity contribution in [1.29, 1.82) is 0 Å². The van der Waals surface area contributed by atoms with Gasteiger partial charge in [-0.3, -0.25) is 9.69 Å². The number of hydrogen-bond acceptors (Lipinski definition) is 6. The summed E-state index contributed by atoms with van der Waals surface area (Å²) in [6.07, 6.45) is 5.71. The van der Waals surface area contributed by atoms with Gasteiger partial charge in [-0.25, -0.2) is 9.67 Å². The highest BCUT2D eigenvalue weighted by Gasteiger charge is 2.22. The number of rotatable bonds is 6. The van der Waals surface area contributed by atoms with Crippen LogP contribution >= 0.6 is 0 Å². The first-order valence-corrected chi connectivity index (χ1v) is 9.76. The third-order valence-electron chi connectivity index (χ3n) is 5.16. The van der Waals surface area contributed by atoms with E-state index in [1.807, 2.05) is 11.0 Å². The van der Waals surface area contributed by atoms with Crippen molar-refractivity contribution in [2.75, 3.05) is 33.3 Å². The van der Waals surface area contributed by atoms with Gasteiger partial charge in [0.2, 0.25) is 0 Å². The summed E-state index contributed by atoms with van der Waals surface area (Å²) in [5, 5.41) is 4.19. The molecule has 1 aromatic carbocycles. The number of furan rings is 1. The van der Waals surface area contributed by atoms with Gasteiger partial charge in [0.05, 0.1) is 19.9 Å². The normalized spacial score (nSPS) is 15.3. The molecule has 0 aliphatic carbocycles. The Morgan fingerprint density at radius 2 is 2.10 bits per heavy atom. The van der Waals surface area contributed by atoms with Gasteiger partial charge in [-0.05, 0) is 36.2 Å². The zero-order valence-electron chi connectivity index (χ0n) is 16.5. The molecule has 0 radical (unpaired) electrons.